The van der Waals surface area contributed by atoms with Gasteiger partial charge in [-0.25, -0.2) is 4.68 Å². The van der Waals surface area contributed by atoms with Gasteiger partial charge in [-0.2, -0.15) is 10.2 Å². The predicted octanol–water partition coefficient (Wildman–Crippen LogP) is 3.75. The number of hydrogen-bond donors (Lipinski definition) is 1. The highest BCUT2D eigenvalue weighted by atomic mass is 35.5. The van der Waals surface area contributed by atoms with E-state index in [1.54, 1.807) is 18.3 Å². The molecule has 2 aromatic rings. The molecule has 0 atom stereocenters. The van der Waals surface area contributed by atoms with Crippen LogP contribution in [-0.2, 0) is 5.54 Å². The molecule has 0 radical (unpaired) electrons. The molecule has 1 aromatic heterocycles. The zero-order valence-electron chi connectivity index (χ0n) is 12.5. The Hall–Kier alpha value is -1.85. The number of hydrogen-bond acceptors (Lipinski definition) is 4. The Morgan fingerprint density at radius 1 is 1.23 bits per heavy atom. The first-order valence-corrected chi connectivity index (χ1v) is 7.37. The molecule has 0 amide bonds. The van der Waals surface area contributed by atoms with Gasteiger partial charge >= 0.3 is 0 Å². The van der Waals surface area contributed by atoms with Gasteiger partial charge in [0.15, 0.2) is 0 Å². The smallest absolute Gasteiger partial charge is 0.275 e. The van der Waals surface area contributed by atoms with Gasteiger partial charge in [-0.1, -0.05) is 35.3 Å². The van der Waals surface area contributed by atoms with E-state index in [0.717, 1.165) is 5.56 Å². The topological polar surface area (TPSA) is 59.3 Å². The Bertz CT molecular complexity index is 746. The Labute approximate surface area is 138 Å². The minimum Gasteiger partial charge on any atom is -0.275 e. The van der Waals surface area contributed by atoms with Crippen LogP contribution < -0.4 is 11.0 Å². The SMILES string of the molecule is CC(C)(C)n1ncc(N/N=C/c2ccc(Cl)cc2)c(Cl)c1=O. The Morgan fingerprint density at radius 3 is 2.45 bits per heavy atom. The molecular formula is C15H16Cl2N4O. The summed E-state index contributed by atoms with van der Waals surface area (Å²) in [5, 5.41) is 8.87. The lowest BCUT2D eigenvalue weighted by molar-refractivity contribution is 0.338. The highest BCUT2D eigenvalue weighted by Gasteiger charge is 2.19. The standard InChI is InChI=1S/C15H16Cl2N4O/c1-15(2,3)21-14(22)13(17)12(9-19-21)20-18-8-10-4-6-11(16)7-5-10/h4-9,20H,1-3H3/b18-8+. The highest BCUT2D eigenvalue weighted by Crippen LogP contribution is 2.18. The lowest BCUT2D eigenvalue weighted by Gasteiger charge is -2.20. The van der Waals surface area contributed by atoms with Crippen molar-refractivity contribution in [3.8, 4) is 0 Å². The highest BCUT2D eigenvalue weighted by molar-refractivity contribution is 6.33. The molecule has 22 heavy (non-hydrogen) atoms. The van der Waals surface area contributed by atoms with Crippen LogP contribution in [-0.4, -0.2) is 16.0 Å². The maximum Gasteiger partial charge on any atom is 0.288 e. The van der Waals surface area contributed by atoms with E-state index in [9.17, 15) is 4.79 Å². The first kappa shape index (κ1) is 16.5. The molecule has 0 bridgehead atoms. The molecule has 0 saturated carbocycles. The van der Waals surface area contributed by atoms with Gasteiger partial charge in [-0.3, -0.25) is 10.2 Å². The van der Waals surface area contributed by atoms with Crippen molar-refractivity contribution in [2.75, 3.05) is 5.43 Å². The van der Waals surface area contributed by atoms with Gasteiger partial charge in [0.25, 0.3) is 5.56 Å². The number of rotatable bonds is 3. The van der Waals surface area contributed by atoms with E-state index in [-0.39, 0.29) is 10.6 Å². The Morgan fingerprint density at radius 2 is 1.86 bits per heavy atom. The quantitative estimate of drug-likeness (QED) is 0.684. The van der Waals surface area contributed by atoms with E-state index in [1.165, 1.54) is 10.9 Å². The van der Waals surface area contributed by atoms with E-state index < -0.39 is 5.54 Å². The third-order valence-corrected chi connectivity index (χ3v) is 3.44. The summed E-state index contributed by atoms with van der Waals surface area (Å²) in [5.74, 6) is 0. The largest absolute Gasteiger partial charge is 0.288 e. The average molecular weight is 339 g/mol. The number of hydrazone groups is 1. The summed E-state index contributed by atoms with van der Waals surface area (Å²) in [7, 11) is 0. The summed E-state index contributed by atoms with van der Waals surface area (Å²) in [6.45, 7) is 5.64. The van der Waals surface area contributed by atoms with E-state index in [0.29, 0.717) is 10.7 Å². The minimum absolute atomic E-state index is 0.0539. The minimum atomic E-state index is -0.439. The van der Waals surface area contributed by atoms with Crippen molar-refractivity contribution in [1.29, 1.82) is 0 Å². The van der Waals surface area contributed by atoms with Gasteiger partial charge in [-0.05, 0) is 38.5 Å². The third kappa shape index (κ3) is 3.87. The summed E-state index contributed by atoms with van der Waals surface area (Å²) in [5.41, 5.74) is 3.15. The van der Waals surface area contributed by atoms with Crippen molar-refractivity contribution in [2.45, 2.75) is 26.3 Å². The third-order valence-electron chi connectivity index (χ3n) is 2.82. The summed E-state index contributed by atoms with van der Waals surface area (Å²) in [6.07, 6.45) is 3.08. The van der Waals surface area contributed by atoms with Crippen molar-refractivity contribution in [3.05, 3.63) is 56.4 Å². The second-order valence-corrected chi connectivity index (χ2v) is 6.50. The van der Waals surface area contributed by atoms with Gasteiger partial charge < -0.3 is 0 Å². The summed E-state index contributed by atoms with van der Waals surface area (Å²) < 4.78 is 1.34. The predicted molar refractivity (Wildman–Crippen MR) is 91.2 cm³/mol. The first-order valence-electron chi connectivity index (χ1n) is 6.62. The second kappa shape index (κ2) is 6.50. The molecule has 0 aliphatic rings. The average Bonchev–Trinajstić information content (AvgIpc) is 2.44. The van der Waals surface area contributed by atoms with Crippen LogP contribution in [0.3, 0.4) is 0 Å². The van der Waals surface area contributed by atoms with Crippen LogP contribution in [0.5, 0.6) is 0 Å². The Balaban J connectivity index is 2.19. The van der Waals surface area contributed by atoms with E-state index in [4.69, 9.17) is 23.2 Å². The molecule has 0 spiro atoms. The van der Waals surface area contributed by atoms with Crippen molar-refractivity contribution in [1.82, 2.24) is 9.78 Å². The number of halogens is 2. The van der Waals surface area contributed by atoms with Crippen LogP contribution in [0.1, 0.15) is 26.3 Å². The fourth-order valence-corrected chi connectivity index (χ4v) is 2.01. The molecule has 0 saturated heterocycles. The lowest BCUT2D eigenvalue weighted by Crippen LogP contribution is -2.36. The number of anilines is 1. The van der Waals surface area contributed by atoms with E-state index in [1.807, 2.05) is 32.9 Å². The summed E-state index contributed by atoms with van der Waals surface area (Å²) in [6, 6.07) is 7.18. The zero-order chi connectivity index (χ0) is 16.3. The van der Waals surface area contributed by atoms with E-state index in [2.05, 4.69) is 15.6 Å². The maximum absolute atomic E-state index is 12.2. The van der Waals surface area contributed by atoms with Crippen molar-refractivity contribution in [2.24, 2.45) is 5.10 Å². The number of nitrogens with zero attached hydrogens (tertiary/aromatic N) is 3. The van der Waals surface area contributed by atoms with Crippen LogP contribution in [0.15, 0.2) is 40.4 Å². The zero-order valence-corrected chi connectivity index (χ0v) is 14.0. The molecule has 1 N–H and O–H groups in total. The molecular weight excluding hydrogens is 323 g/mol. The van der Waals surface area contributed by atoms with Gasteiger partial charge in [0, 0.05) is 5.02 Å². The van der Waals surface area contributed by atoms with Crippen LogP contribution in [0.2, 0.25) is 10.0 Å². The van der Waals surface area contributed by atoms with Crippen LogP contribution in [0, 0.1) is 0 Å². The van der Waals surface area contributed by atoms with Crippen molar-refractivity contribution >= 4 is 35.1 Å². The Kier molecular flexibility index (Phi) is 4.88. The van der Waals surface area contributed by atoms with Crippen LogP contribution in [0.4, 0.5) is 5.69 Å². The first-order chi connectivity index (χ1) is 10.3. The van der Waals surface area contributed by atoms with Gasteiger partial charge in [-0.15, -0.1) is 0 Å². The molecule has 0 aliphatic carbocycles. The second-order valence-electron chi connectivity index (χ2n) is 5.68. The summed E-state index contributed by atoms with van der Waals surface area (Å²) >= 11 is 11.9. The normalized spacial score (nSPS) is 11.9. The van der Waals surface area contributed by atoms with Crippen LogP contribution >= 0.6 is 23.2 Å². The summed E-state index contributed by atoms with van der Waals surface area (Å²) in [4.78, 5) is 12.2. The lowest BCUT2D eigenvalue weighted by atomic mass is 10.1. The number of nitrogens with one attached hydrogen (secondary N) is 1. The van der Waals surface area contributed by atoms with Gasteiger partial charge in [0.05, 0.1) is 18.0 Å². The number of aromatic nitrogens is 2. The molecule has 1 heterocycles. The van der Waals surface area contributed by atoms with Crippen molar-refractivity contribution < 1.29 is 0 Å². The molecule has 0 unspecified atom stereocenters. The van der Waals surface area contributed by atoms with Crippen molar-refractivity contribution in [3.63, 3.8) is 0 Å². The van der Waals surface area contributed by atoms with Gasteiger partial charge in [0.1, 0.15) is 10.7 Å². The van der Waals surface area contributed by atoms with Crippen LogP contribution in [0.25, 0.3) is 0 Å². The number of benzene rings is 1. The fraction of sp³-hybridized carbons (Fsp3) is 0.267. The molecule has 116 valence electrons. The molecule has 2 rings (SSSR count). The monoisotopic (exact) mass is 338 g/mol. The van der Waals surface area contributed by atoms with E-state index >= 15 is 0 Å². The molecule has 7 heteroatoms. The molecule has 0 fully saturated rings. The maximum atomic E-state index is 12.2. The van der Waals surface area contributed by atoms with Gasteiger partial charge in [0.2, 0.25) is 0 Å². The molecule has 1 aromatic carbocycles. The fourth-order valence-electron chi connectivity index (χ4n) is 1.71. The molecule has 0 aliphatic heterocycles. The molecule has 5 nitrogen and oxygen atoms in total.